The predicted molar refractivity (Wildman–Crippen MR) is 79.6 cm³/mol. The number of carbonyl (C=O) groups is 1. The van der Waals surface area contributed by atoms with Gasteiger partial charge in [0.1, 0.15) is 17.7 Å². The normalized spacial score (nSPS) is 11.4. The number of aromatic amines is 1. The highest BCUT2D eigenvalue weighted by Gasteiger charge is 2.12. The van der Waals surface area contributed by atoms with Gasteiger partial charge in [0, 0.05) is 6.08 Å². The first-order valence-electron chi connectivity index (χ1n) is 6.46. The lowest BCUT2D eigenvalue weighted by Gasteiger charge is -1.93. The van der Waals surface area contributed by atoms with E-state index in [0.717, 1.165) is 11.0 Å². The molecule has 0 saturated heterocycles. The molecule has 6 heteroatoms. The van der Waals surface area contributed by atoms with E-state index in [0.29, 0.717) is 17.2 Å². The monoisotopic (exact) mass is 293 g/mol. The Bertz CT molecular complexity index is 879. The van der Waals surface area contributed by atoms with Crippen LogP contribution in [0.4, 0.5) is 0 Å². The highest BCUT2D eigenvalue weighted by atomic mass is 16.5. The van der Waals surface area contributed by atoms with Gasteiger partial charge in [0.05, 0.1) is 23.7 Å². The van der Waals surface area contributed by atoms with Crippen molar-refractivity contribution in [2.75, 3.05) is 7.11 Å². The SMILES string of the molecule is COC(=O)c1ccc(/C=C(/C#N)c2nc3ccccc3[nH]2)o1. The van der Waals surface area contributed by atoms with Crippen molar-refractivity contribution in [1.29, 1.82) is 5.26 Å². The van der Waals surface area contributed by atoms with Crippen LogP contribution in [0.1, 0.15) is 22.1 Å². The summed E-state index contributed by atoms with van der Waals surface area (Å²) in [6.45, 7) is 0. The smallest absolute Gasteiger partial charge is 0.373 e. The van der Waals surface area contributed by atoms with Gasteiger partial charge in [0.2, 0.25) is 5.76 Å². The summed E-state index contributed by atoms with van der Waals surface area (Å²) in [4.78, 5) is 18.8. The Morgan fingerprint density at radius 1 is 1.36 bits per heavy atom. The first kappa shape index (κ1) is 13.6. The van der Waals surface area contributed by atoms with Crippen LogP contribution in [0.15, 0.2) is 40.8 Å². The second-order valence-corrected chi connectivity index (χ2v) is 4.47. The van der Waals surface area contributed by atoms with Crippen LogP contribution in [-0.2, 0) is 4.74 Å². The third-order valence-electron chi connectivity index (χ3n) is 3.06. The number of allylic oxidation sites excluding steroid dienone is 1. The second-order valence-electron chi connectivity index (χ2n) is 4.47. The zero-order valence-corrected chi connectivity index (χ0v) is 11.7. The minimum absolute atomic E-state index is 0.0793. The van der Waals surface area contributed by atoms with Gasteiger partial charge < -0.3 is 14.1 Å². The molecule has 2 heterocycles. The fraction of sp³-hybridized carbons (Fsp3) is 0.0625. The molecule has 0 unspecified atom stereocenters. The maximum Gasteiger partial charge on any atom is 0.373 e. The van der Waals surface area contributed by atoms with Gasteiger partial charge in [0.15, 0.2) is 0 Å². The lowest BCUT2D eigenvalue weighted by atomic mass is 10.2. The van der Waals surface area contributed by atoms with Crippen LogP contribution in [0, 0.1) is 11.3 Å². The first-order chi connectivity index (χ1) is 10.7. The van der Waals surface area contributed by atoms with E-state index in [1.165, 1.54) is 19.3 Å². The van der Waals surface area contributed by atoms with Crippen LogP contribution < -0.4 is 0 Å². The number of nitrogens with zero attached hydrogens (tertiary/aromatic N) is 2. The molecule has 0 fully saturated rings. The summed E-state index contributed by atoms with van der Waals surface area (Å²) in [6, 6.07) is 12.6. The number of hydrogen-bond donors (Lipinski definition) is 1. The number of esters is 1. The lowest BCUT2D eigenvalue weighted by molar-refractivity contribution is 0.0564. The molecular formula is C16H11N3O3. The Kier molecular flexibility index (Phi) is 3.46. The van der Waals surface area contributed by atoms with Crippen LogP contribution in [-0.4, -0.2) is 23.0 Å². The zero-order valence-electron chi connectivity index (χ0n) is 11.7. The summed E-state index contributed by atoms with van der Waals surface area (Å²) in [5.41, 5.74) is 1.92. The summed E-state index contributed by atoms with van der Waals surface area (Å²) >= 11 is 0. The van der Waals surface area contributed by atoms with Crippen LogP contribution >= 0.6 is 0 Å². The largest absolute Gasteiger partial charge is 0.463 e. The van der Waals surface area contributed by atoms with E-state index in [1.807, 2.05) is 24.3 Å². The number of fused-ring (bicyclic) bond motifs is 1. The molecule has 0 aliphatic carbocycles. The van der Waals surface area contributed by atoms with E-state index in [9.17, 15) is 10.1 Å². The number of imidazole rings is 1. The van der Waals surface area contributed by atoms with E-state index >= 15 is 0 Å². The molecule has 2 aromatic heterocycles. The maximum absolute atomic E-state index is 11.3. The fourth-order valence-electron chi connectivity index (χ4n) is 2.02. The molecule has 0 amide bonds. The standard InChI is InChI=1S/C16H11N3O3/c1-21-16(20)14-7-6-11(22-14)8-10(9-17)15-18-12-4-2-3-5-13(12)19-15/h2-8H,1H3,(H,18,19)/b10-8-. The van der Waals surface area contributed by atoms with Crippen molar-refractivity contribution in [1.82, 2.24) is 9.97 Å². The molecule has 3 aromatic rings. The number of carbonyl (C=O) groups excluding carboxylic acids is 1. The molecule has 1 aromatic carbocycles. The quantitative estimate of drug-likeness (QED) is 0.592. The summed E-state index contributed by atoms with van der Waals surface area (Å²) in [6.07, 6.45) is 1.52. The molecule has 6 nitrogen and oxygen atoms in total. The van der Waals surface area contributed by atoms with E-state index in [2.05, 4.69) is 20.8 Å². The fourth-order valence-corrected chi connectivity index (χ4v) is 2.02. The van der Waals surface area contributed by atoms with E-state index < -0.39 is 5.97 Å². The van der Waals surface area contributed by atoms with E-state index in [4.69, 9.17) is 4.42 Å². The number of nitriles is 1. The highest BCUT2D eigenvalue weighted by Crippen LogP contribution is 2.20. The van der Waals surface area contributed by atoms with Crippen molar-refractivity contribution >= 4 is 28.7 Å². The molecule has 0 aliphatic rings. The number of benzene rings is 1. The number of ether oxygens (including phenoxy) is 1. The Morgan fingerprint density at radius 2 is 2.18 bits per heavy atom. The summed E-state index contributed by atoms with van der Waals surface area (Å²) in [5, 5.41) is 9.32. The van der Waals surface area contributed by atoms with Gasteiger partial charge in [-0.25, -0.2) is 9.78 Å². The second kappa shape index (κ2) is 5.58. The molecular weight excluding hydrogens is 282 g/mol. The summed E-state index contributed by atoms with van der Waals surface area (Å²) < 4.78 is 9.89. The molecule has 0 bridgehead atoms. The van der Waals surface area contributed by atoms with Gasteiger partial charge in [0.25, 0.3) is 0 Å². The Balaban J connectivity index is 1.98. The van der Waals surface area contributed by atoms with Gasteiger partial charge in [-0.15, -0.1) is 0 Å². The number of furan rings is 1. The summed E-state index contributed by atoms with van der Waals surface area (Å²) in [5.74, 6) is 0.328. The average Bonchev–Trinajstić information content (AvgIpc) is 3.18. The van der Waals surface area contributed by atoms with Gasteiger partial charge >= 0.3 is 5.97 Å². The molecule has 0 atom stereocenters. The van der Waals surface area contributed by atoms with E-state index in [-0.39, 0.29) is 5.76 Å². The van der Waals surface area contributed by atoms with Gasteiger partial charge in [-0.2, -0.15) is 5.26 Å². The molecule has 1 N–H and O–H groups in total. The highest BCUT2D eigenvalue weighted by molar-refractivity contribution is 5.90. The molecule has 22 heavy (non-hydrogen) atoms. The minimum atomic E-state index is -0.568. The van der Waals surface area contributed by atoms with Gasteiger partial charge in [-0.1, -0.05) is 12.1 Å². The average molecular weight is 293 g/mol. The van der Waals surface area contributed by atoms with Gasteiger partial charge in [-0.05, 0) is 24.3 Å². The summed E-state index contributed by atoms with van der Waals surface area (Å²) in [7, 11) is 1.27. The molecule has 0 aliphatic heterocycles. The third-order valence-corrected chi connectivity index (χ3v) is 3.06. The van der Waals surface area contributed by atoms with Crippen molar-refractivity contribution in [3.63, 3.8) is 0 Å². The first-order valence-corrected chi connectivity index (χ1v) is 6.46. The van der Waals surface area contributed by atoms with Crippen molar-refractivity contribution in [3.05, 3.63) is 53.7 Å². The minimum Gasteiger partial charge on any atom is -0.463 e. The van der Waals surface area contributed by atoms with Crippen LogP contribution in [0.2, 0.25) is 0 Å². The third kappa shape index (κ3) is 2.47. The topological polar surface area (TPSA) is 91.9 Å². The number of nitrogens with one attached hydrogen (secondary N) is 1. The van der Waals surface area contributed by atoms with Crippen molar-refractivity contribution in [2.45, 2.75) is 0 Å². The molecule has 0 saturated carbocycles. The van der Waals surface area contributed by atoms with Crippen molar-refractivity contribution in [2.24, 2.45) is 0 Å². The Hall–Kier alpha value is -3.33. The number of aromatic nitrogens is 2. The zero-order chi connectivity index (χ0) is 15.5. The van der Waals surface area contributed by atoms with Crippen LogP contribution in [0.5, 0.6) is 0 Å². The number of methoxy groups -OCH3 is 1. The number of rotatable bonds is 3. The number of hydrogen-bond acceptors (Lipinski definition) is 5. The van der Waals surface area contributed by atoms with Crippen LogP contribution in [0.25, 0.3) is 22.7 Å². The molecule has 3 rings (SSSR count). The van der Waals surface area contributed by atoms with Gasteiger partial charge in [-0.3, -0.25) is 0 Å². The van der Waals surface area contributed by atoms with Crippen molar-refractivity contribution in [3.8, 4) is 6.07 Å². The van der Waals surface area contributed by atoms with Crippen molar-refractivity contribution < 1.29 is 13.9 Å². The number of para-hydroxylation sites is 2. The number of H-pyrrole nitrogens is 1. The lowest BCUT2D eigenvalue weighted by Crippen LogP contribution is -1.98. The Labute approximate surface area is 125 Å². The molecule has 108 valence electrons. The molecule has 0 radical (unpaired) electrons. The van der Waals surface area contributed by atoms with Crippen LogP contribution in [0.3, 0.4) is 0 Å². The Morgan fingerprint density at radius 3 is 2.91 bits per heavy atom. The maximum atomic E-state index is 11.3. The molecule has 0 spiro atoms. The predicted octanol–water partition coefficient (Wildman–Crippen LogP) is 3.01. The van der Waals surface area contributed by atoms with E-state index in [1.54, 1.807) is 6.07 Å².